The Balaban J connectivity index is 1.48. The average molecular weight is 459 g/mol. The highest BCUT2D eigenvalue weighted by Crippen LogP contribution is 2.35. The van der Waals surface area contributed by atoms with Crippen LogP contribution in [0.5, 0.6) is 11.5 Å². The molecule has 0 saturated carbocycles. The van der Waals surface area contributed by atoms with E-state index in [0.29, 0.717) is 37.4 Å². The third-order valence-corrected chi connectivity index (χ3v) is 8.85. The minimum Gasteiger partial charge on any atom is -0.497 e. The molecule has 8 heteroatoms. The summed E-state index contributed by atoms with van der Waals surface area (Å²) >= 11 is 1.60. The Morgan fingerprint density at radius 3 is 2.39 bits per heavy atom. The molecule has 0 spiro atoms. The van der Waals surface area contributed by atoms with Crippen LogP contribution in [-0.2, 0) is 9.84 Å². The minimum absolute atomic E-state index is 0.198. The highest BCUT2D eigenvalue weighted by molar-refractivity contribution is 7.92. The van der Waals surface area contributed by atoms with Crippen LogP contribution in [0.3, 0.4) is 0 Å². The molecule has 0 amide bonds. The number of ether oxygens (including phenoxy) is 2. The Labute approximate surface area is 187 Å². The lowest BCUT2D eigenvalue weighted by atomic mass is 10.1. The number of hydrogen-bond donors (Lipinski definition) is 0. The Morgan fingerprint density at radius 1 is 1.03 bits per heavy atom. The molecule has 0 N–H and O–H groups in total. The number of piperidine rings is 1. The smallest absolute Gasteiger partial charge is 0.185 e. The Bertz CT molecular complexity index is 1150. The first kappa shape index (κ1) is 21.6. The lowest BCUT2D eigenvalue weighted by molar-refractivity contribution is 0.391. The number of anilines is 1. The first-order valence-corrected chi connectivity index (χ1v) is 12.6. The molecule has 4 rings (SSSR count). The molecule has 1 fully saturated rings. The van der Waals surface area contributed by atoms with Crippen molar-refractivity contribution in [1.82, 2.24) is 4.98 Å². The summed E-state index contributed by atoms with van der Waals surface area (Å²) in [4.78, 5) is 7.16. The molecule has 2 heterocycles. The maximum Gasteiger partial charge on any atom is 0.185 e. The summed E-state index contributed by atoms with van der Waals surface area (Å²) in [5.41, 5.74) is 3.27. The largest absolute Gasteiger partial charge is 0.497 e. The number of aryl methyl sites for hydroxylation is 1. The molecule has 0 radical (unpaired) electrons. The van der Waals surface area contributed by atoms with E-state index in [-0.39, 0.29) is 4.90 Å². The SMILES string of the molecule is COc1ccc(OC)c(S(=O)(=O)C2CCN(c3nc(-c4ccc(C)cc4)cs3)CC2)c1. The molecule has 1 aromatic heterocycles. The zero-order valence-corrected chi connectivity index (χ0v) is 19.5. The van der Waals surface area contributed by atoms with Crippen LogP contribution in [0.25, 0.3) is 11.3 Å². The van der Waals surface area contributed by atoms with Gasteiger partial charge in [0.25, 0.3) is 0 Å². The number of thiazole rings is 1. The van der Waals surface area contributed by atoms with Crippen molar-refractivity contribution in [3.05, 3.63) is 53.4 Å². The topological polar surface area (TPSA) is 68.7 Å². The molecule has 0 aliphatic carbocycles. The van der Waals surface area contributed by atoms with Crippen LogP contribution in [0.1, 0.15) is 18.4 Å². The van der Waals surface area contributed by atoms with Crippen LogP contribution >= 0.6 is 11.3 Å². The zero-order chi connectivity index (χ0) is 22.0. The predicted octanol–water partition coefficient (Wildman–Crippen LogP) is 4.58. The molecule has 6 nitrogen and oxygen atoms in total. The first-order chi connectivity index (χ1) is 14.9. The van der Waals surface area contributed by atoms with Gasteiger partial charge in [0.15, 0.2) is 15.0 Å². The summed E-state index contributed by atoms with van der Waals surface area (Å²) in [5, 5.41) is 2.54. The molecule has 1 saturated heterocycles. The Hall–Kier alpha value is -2.58. The van der Waals surface area contributed by atoms with Gasteiger partial charge in [-0.25, -0.2) is 13.4 Å². The van der Waals surface area contributed by atoms with E-state index in [1.54, 1.807) is 29.5 Å². The van der Waals surface area contributed by atoms with Crippen LogP contribution in [0.15, 0.2) is 52.7 Å². The van der Waals surface area contributed by atoms with Crippen LogP contribution < -0.4 is 14.4 Å². The molecule has 0 bridgehead atoms. The number of methoxy groups -OCH3 is 2. The van der Waals surface area contributed by atoms with E-state index in [2.05, 4.69) is 41.5 Å². The van der Waals surface area contributed by atoms with Crippen molar-refractivity contribution in [3.63, 3.8) is 0 Å². The first-order valence-electron chi connectivity index (χ1n) is 10.2. The number of hydrogen-bond acceptors (Lipinski definition) is 7. The molecule has 0 unspecified atom stereocenters. The van der Waals surface area contributed by atoms with Gasteiger partial charge in [-0.15, -0.1) is 11.3 Å². The number of rotatable bonds is 6. The van der Waals surface area contributed by atoms with Gasteiger partial charge in [0.05, 0.1) is 25.2 Å². The molecule has 2 aromatic carbocycles. The summed E-state index contributed by atoms with van der Waals surface area (Å²) in [6, 6.07) is 13.2. The third kappa shape index (κ3) is 4.41. The number of aromatic nitrogens is 1. The van der Waals surface area contributed by atoms with Gasteiger partial charge in [0.2, 0.25) is 0 Å². The second-order valence-electron chi connectivity index (χ2n) is 7.63. The standard InChI is InChI=1S/C23H26N2O4S2/c1-16-4-6-17(7-5-16)20-15-30-23(24-20)25-12-10-19(11-13-25)31(26,27)22-14-18(28-2)8-9-21(22)29-3/h4-9,14-15,19H,10-13H2,1-3H3. The van der Waals surface area contributed by atoms with Crippen LogP contribution in [0.2, 0.25) is 0 Å². The van der Waals surface area contributed by atoms with Crippen molar-refractivity contribution in [2.24, 2.45) is 0 Å². The van der Waals surface area contributed by atoms with E-state index in [4.69, 9.17) is 14.5 Å². The van der Waals surface area contributed by atoms with E-state index in [1.165, 1.54) is 19.8 Å². The second kappa shape index (κ2) is 8.88. The van der Waals surface area contributed by atoms with Gasteiger partial charge in [-0.05, 0) is 31.9 Å². The summed E-state index contributed by atoms with van der Waals surface area (Å²) in [5.74, 6) is 0.856. The lowest BCUT2D eigenvalue weighted by Crippen LogP contribution is -2.39. The third-order valence-electron chi connectivity index (χ3n) is 5.67. The molecule has 1 aliphatic heterocycles. The minimum atomic E-state index is -3.53. The summed E-state index contributed by atoms with van der Waals surface area (Å²) in [7, 11) is -0.526. The van der Waals surface area contributed by atoms with Crippen molar-refractivity contribution in [3.8, 4) is 22.8 Å². The molecule has 1 aliphatic rings. The number of nitrogens with zero attached hydrogens (tertiary/aromatic N) is 2. The van der Waals surface area contributed by atoms with E-state index in [0.717, 1.165) is 16.4 Å². The predicted molar refractivity (Wildman–Crippen MR) is 124 cm³/mol. The normalized spacial score (nSPS) is 15.1. The van der Waals surface area contributed by atoms with Gasteiger partial charge in [0.1, 0.15) is 16.4 Å². The van der Waals surface area contributed by atoms with E-state index in [1.807, 2.05) is 0 Å². The zero-order valence-electron chi connectivity index (χ0n) is 17.9. The van der Waals surface area contributed by atoms with Crippen molar-refractivity contribution in [2.75, 3.05) is 32.2 Å². The monoisotopic (exact) mass is 458 g/mol. The Morgan fingerprint density at radius 2 is 1.74 bits per heavy atom. The van der Waals surface area contributed by atoms with Gasteiger partial charge < -0.3 is 14.4 Å². The summed E-state index contributed by atoms with van der Waals surface area (Å²) in [6.07, 6.45) is 1.09. The van der Waals surface area contributed by atoms with Gasteiger partial charge in [-0.3, -0.25) is 0 Å². The fourth-order valence-corrected chi connectivity index (χ4v) is 6.60. The maximum absolute atomic E-state index is 13.3. The van der Waals surface area contributed by atoms with Crippen molar-refractivity contribution in [1.29, 1.82) is 0 Å². The summed E-state index contributed by atoms with van der Waals surface area (Å²) in [6.45, 7) is 3.36. The van der Waals surface area contributed by atoms with Crippen LogP contribution in [0, 0.1) is 6.92 Å². The molecule has 31 heavy (non-hydrogen) atoms. The van der Waals surface area contributed by atoms with Gasteiger partial charge in [-0.2, -0.15) is 0 Å². The maximum atomic E-state index is 13.3. The van der Waals surface area contributed by atoms with Crippen molar-refractivity contribution < 1.29 is 17.9 Å². The molecule has 3 aromatic rings. The summed E-state index contributed by atoms with van der Waals surface area (Å²) < 4.78 is 37.2. The average Bonchev–Trinajstić information content (AvgIpc) is 3.29. The van der Waals surface area contributed by atoms with Crippen LogP contribution in [0.4, 0.5) is 5.13 Å². The fraction of sp³-hybridized carbons (Fsp3) is 0.348. The Kier molecular flexibility index (Phi) is 6.20. The molecular weight excluding hydrogens is 432 g/mol. The van der Waals surface area contributed by atoms with E-state index >= 15 is 0 Å². The van der Waals surface area contributed by atoms with Gasteiger partial charge in [0, 0.05) is 30.1 Å². The van der Waals surface area contributed by atoms with Crippen molar-refractivity contribution >= 4 is 26.3 Å². The highest BCUT2D eigenvalue weighted by atomic mass is 32.2. The van der Waals surface area contributed by atoms with Crippen molar-refractivity contribution in [2.45, 2.75) is 29.9 Å². The molecule has 0 atom stereocenters. The fourth-order valence-electron chi connectivity index (χ4n) is 3.81. The quantitative estimate of drug-likeness (QED) is 0.539. The van der Waals surface area contributed by atoms with Gasteiger partial charge in [-0.1, -0.05) is 29.8 Å². The number of sulfone groups is 1. The highest BCUT2D eigenvalue weighted by Gasteiger charge is 2.34. The lowest BCUT2D eigenvalue weighted by Gasteiger charge is -2.31. The second-order valence-corrected chi connectivity index (χ2v) is 10.7. The van der Waals surface area contributed by atoms with Gasteiger partial charge >= 0.3 is 0 Å². The van der Waals surface area contributed by atoms with E-state index < -0.39 is 15.1 Å². The van der Waals surface area contributed by atoms with E-state index in [9.17, 15) is 8.42 Å². The number of benzene rings is 2. The molecular formula is C23H26N2O4S2. The molecule has 164 valence electrons. The van der Waals surface area contributed by atoms with Crippen LogP contribution in [-0.4, -0.2) is 46.0 Å².